The Morgan fingerprint density at radius 3 is 2.92 bits per heavy atom. The van der Waals surface area contributed by atoms with Crippen molar-refractivity contribution in [1.82, 2.24) is 19.5 Å². The number of benzene rings is 1. The fourth-order valence-corrected chi connectivity index (χ4v) is 2.97. The van der Waals surface area contributed by atoms with Gasteiger partial charge in [0.2, 0.25) is 5.95 Å². The average molecular weight is 325 g/mol. The molecule has 1 fully saturated rings. The largest absolute Gasteiger partial charge is 0.508 e. The van der Waals surface area contributed by atoms with E-state index in [9.17, 15) is 5.11 Å². The molecule has 2 N–H and O–H groups in total. The van der Waals surface area contributed by atoms with Crippen molar-refractivity contribution in [3.8, 4) is 5.75 Å². The number of ether oxygens (including phenoxy) is 1. The lowest BCUT2D eigenvalue weighted by Crippen LogP contribution is -2.20. The standard InChI is InChI=1S/C17H19N5O2/c23-13-6-4-12(5-7-13)9-19-17-21-14-10-18-11-20-16(14)22(17)15-3-1-2-8-24-15/h4-7,10-11,15,23H,1-3,8-9H2,(H,19,21). The molecule has 0 radical (unpaired) electrons. The highest BCUT2D eigenvalue weighted by atomic mass is 16.5. The third kappa shape index (κ3) is 2.90. The molecule has 0 bridgehead atoms. The normalized spacial score (nSPS) is 17.9. The van der Waals surface area contributed by atoms with Crippen molar-refractivity contribution in [2.45, 2.75) is 32.0 Å². The molecule has 2 aromatic heterocycles. The Morgan fingerprint density at radius 1 is 1.25 bits per heavy atom. The van der Waals surface area contributed by atoms with E-state index < -0.39 is 0 Å². The molecule has 3 heterocycles. The minimum absolute atomic E-state index is 0.0547. The van der Waals surface area contributed by atoms with Crippen LogP contribution in [-0.2, 0) is 11.3 Å². The summed E-state index contributed by atoms with van der Waals surface area (Å²) in [7, 11) is 0. The van der Waals surface area contributed by atoms with Crippen molar-refractivity contribution in [1.29, 1.82) is 0 Å². The molecule has 1 saturated heterocycles. The van der Waals surface area contributed by atoms with E-state index in [1.54, 1.807) is 18.3 Å². The number of phenolic OH excluding ortho intramolecular Hbond substituents is 1. The number of phenols is 1. The lowest BCUT2D eigenvalue weighted by atomic mass is 10.2. The first kappa shape index (κ1) is 14.9. The Hall–Kier alpha value is -2.67. The molecule has 1 atom stereocenters. The summed E-state index contributed by atoms with van der Waals surface area (Å²) in [6.07, 6.45) is 6.37. The van der Waals surface area contributed by atoms with Crippen LogP contribution in [0.25, 0.3) is 11.2 Å². The first-order chi connectivity index (χ1) is 11.8. The van der Waals surface area contributed by atoms with Gasteiger partial charge in [0.05, 0.1) is 6.20 Å². The Morgan fingerprint density at radius 2 is 2.12 bits per heavy atom. The lowest BCUT2D eigenvalue weighted by molar-refractivity contribution is -0.0285. The van der Waals surface area contributed by atoms with E-state index in [1.165, 1.54) is 6.33 Å². The van der Waals surface area contributed by atoms with Crippen LogP contribution in [0.5, 0.6) is 5.75 Å². The molecular formula is C17H19N5O2. The molecule has 0 aliphatic carbocycles. The predicted octanol–water partition coefficient (Wildman–Crippen LogP) is 2.84. The van der Waals surface area contributed by atoms with Crippen molar-refractivity contribution in [2.75, 3.05) is 11.9 Å². The first-order valence-electron chi connectivity index (χ1n) is 8.12. The van der Waals surface area contributed by atoms with Gasteiger partial charge in [-0.25, -0.2) is 15.0 Å². The summed E-state index contributed by atoms with van der Waals surface area (Å²) < 4.78 is 7.95. The molecule has 1 aliphatic heterocycles. The van der Waals surface area contributed by atoms with Crippen LogP contribution in [0.4, 0.5) is 5.95 Å². The lowest BCUT2D eigenvalue weighted by Gasteiger charge is -2.25. The molecular weight excluding hydrogens is 306 g/mol. The summed E-state index contributed by atoms with van der Waals surface area (Å²) >= 11 is 0. The summed E-state index contributed by atoms with van der Waals surface area (Å²) in [4.78, 5) is 13.1. The van der Waals surface area contributed by atoms with Crippen molar-refractivity contribution in [2.24, 2.45) is 0 Å². The second-order valence-corrected chi connectivity index (χ2v) is 5.88. The molecule has 24 heavy (non-hydrogen) atoms. The monoisotopic (exact) mass is 325 g/mol. The van der Waals surface area contributed by atoms with E-state index in [4.69, 9.17) is 4.74 Å². The Kier molecular flexibility index (Phi) is 4.00. The van der Waals surface area contributed by atoms with E-state index in [1.807, 2.05) is 16.7 Å². The minimum atomic E-state index is -0.0547. The minimum Gasteiger partial charge on any atom is -0.508 e. The van der Waals surface area contributed by atoms with Crippen LogP contribution in [0.3, 0.4) is 0 Å². The van der Waals surface area contributed by atoms with Gasteiger partial charge in [0.25, 0.3) is 0 Å². The topological polar surface area (TPSA) is 85.1 Å². The van der Waals surface area contributed by atoms with Gasteiger partial charge < -0.3 is 15.2 Å². The molecule has 1 aromatic carbocycles. The highest BCUT2D eigenvalue weighted by Gasteiger charge is 2.22. The molecule has 124 valence electrons. The van der Waals surface area contributed by atoms with Gasteiger partial charge in [-0.05, 0) is 37.0 Å². The maximum atomic E-state index is 9.38. The van der Waals surface area contributed by atoms with Crippen LogP contribution < -0.4 is 5.32 Å². The quantitative estimate of drug-likeness (QED) is 0.767. The number of fused-ring (bicyclic) bond motifs is 1. The van der Waals surface area contributed by atoms with Crippen molar-refractivity contribution < 1.29 is 9.84 Å². The summed E-state index contributed by atoms with van der Waals surface area (Å²) in [6.45, 7) is 1.36. The number of aromatic hydroxyl groups is 1. The smallest absolute Gasteiger partial charge is 0.207 e. The molecule has 3 aromatic rings. The number of nitrogens with zero attached hydrogens (tertiary/aromatic N) is 4. The van der Waals surface area contributed by atoms with E-state index in [0.717, 1.165) is 48.5 Å². The van der Waals surface area contributed by atoms with Crippen molar-refractivity contribution in [3.05, 3.63) is 42.4 Å². The zero-order valence-corrected chi connectivity index (χ0v) is 13.2. The number of hydrogen-bond donors (Lipinski definition) is 2. The maximum Gasteiger partial charge on any atom is 0.207 e. The Bertz CT molecular complexity index is 825. The second-order valence-electron chi connectivity index (χ2n) is 5.88. The molecule has 0 saturated carbocycles. The summed E-state index contributed by atoms with van der Waals surface area (Å²) in [5.74, 6) is 0.988. The zero-order chi connectivity index (χ0) is 16.4. The van der Waals surface area contributed by atoms with Crippen molar-refractivity contribution in [3.63, 3.8) is 0 Å². The maximum absolute atomic E-state index is 9.38. The average Bonchev–Trinajstić information content (AvgIpc) is 3.00. The van der Waals surface area contributed by atoms with Crippen LogP contribution in [0, 0.1) is 0 Å². The van der Waals surface area contributed by atoms with Crippen molar-refractivity contribution >= 4 is 17.1 Å². The van der Waals surface area contributed by atoms with Gasteiger partial charge >= 0.3 is 0 Å². The van der Waals surface area contributed by atoms with E-state index >= 15 is 0 Å². The molecule has 0 spiro atoms. The number of rotatable bonds is 4. The third-order valence-corrected chi connectivity index (χ3v) is 4.19. The molecule has 1 aliphatic rings. The number of nitrogens with one attached hydrogen (secondary N) is 1. The summed E-state index contributed by atoms with van der Waals surface area (Å²) in [5, 5.41) is 12.7. The molecule has 7 nitrogen and oxygen atoms in total. The summed E-state index contributed by atoms with van der Waals surface area (Å²) in [5.41, 5.74) is 2.59. The Balaban J connectivity index is 1.64. The molecule has 1 unspecified atom stereocenters. The highest BCUT2D eigenvalue weighted by Crippen LogP contribution is 2.29. The van der Waals surface area contributed by atoms with Crippen LogP contribution in [0.1, 0.15) is 31.1 Å². The number of hydrogen-bond acceptors (Lipinski definition) is 6. The summed E-state index contributed by atoms with van der Waals surface area (Å²) in [6, 6.07) is 7.11. The molecule has 7 heteroatoms. The third-order valence-electron chi connectivity index (χ3n) is 4.19. The van der Waals surface area contributed by atoms with E-state index in [2.05, 4.69) is 20.3 Å². The van der Waals surface area contributed by atoms with Gasteiger partial charge in [0.15, 0.2) is 5.65 Å². The van der Waals surface area contributed by atoms with Crippen LogP contribution in [0.15, 0.2) is 36.8 Å². The Labute approximate surface area is 139 Å². The van der Waals surface area contributed by atoms with E-state index in [0.29, 0.717) is 6.54 Å². The van der Waals surface area contributed by atoms with Gasteiger partial charge in [-0.2, -0.15) is 0 Å². The van der Waals surface area contributed by atoms with Gasteiger partial charge in [-0.1, -0.05) is 12.1 Å². The second kappa shape index (κ2) is 6.45. The first-order valence-corrected chi connectivity index (χ1v) is 8.12. The fraction of sp³-hybridized carbons (Fsp3) is 0.353. The fourth-order valence-electron chi connectivity index (χ4n) is 2.97. The highest BCUT2D eigenvalue weighted by molar-refractivity contribution is 5.73. The molecule has 0 amide bonds. The number of aromatic nitrogens is 4. The SMILES string of the molecule is Oc1ccc(CNc2nc3cncnc3n2C2CCCCO2)cc1. The van der Waals surface area contributed by atoms with Gasteiger partial charge in [0, 0.05) is 13.2 Å². The van der Waals surface area contributed by atoms with Gasteiger partial charge in [-0.3, -0.25) is 4.57 Å². The van der Waals surface area contributed by atoms with Crippen LogP contribution in [0.2, 0.25) is 0 Å². The van der Waals surface area contributed by atoms with Crippen LogP contribution in [-0.4, -0.2) is 31.2 Å². The zero-order valence-electron chi connectivity index (χ0n) is 13.2. The molecule has 4 rings (SSSR count). The van der Waals surface area contributed by atoms with Crippen LogP contribution >= 0.6 is 0 Å². The van der Waals surface area contributed by atoms with Gasteiger partial charge in [-0.15, -0.1) is 0 Å². The van der Waals surface area contributed by atoms with E-state index in [-0.39, 0.29) is 12.0 Å². The number of imidazole rings is 1. The predicted molar refractivity (Wildman–Crippen MR) is 89.6 cm³/mol. The number of anilines is 1. The van der Waals surface area contributed by atoms with Gasteiger partial charge in [0.1, 0.15) is 23.8 Å².